The molecule has 0 saturated heterocycles. The Balaban J connectivity index is 0.000000139. The maximum atomic E-state index is 11.4. The topological polar surface area (TPSA) is 115 Å². The van der Waals surface area contributed by atoms with Gasteiger partial charge in [-0.1, -0.05) is 46.9 Å². The van der Waals surface area contributed by atoms with Crippen LogP contribution in [0.2, 0.25) is 15.2 Å². The number of rotatable bonds is 0. The normalized spacial score (nSPS) is 11.4. The van der Waals surface area contributed by atoms with E-state index in [1.165, 1.54) is 12.7 Å². The molecular formula is C20H9Cl6N4O4P. The van der Waals surface area contributed by atoms with E-state index in [1.807, 2.05) is 18.2 Å². The summed E-state index contributed by atoms with van der Waals surface area (Å²) in [5.74, 6) is 0. The molecule has 0 saturated carbocycles. The van der Waals surface area contributed by atoms with Crippen LogP contribution in [0, 0.1) is 0 Å². The third kappa shape index (κ3) is 5.87. The number of hydrogen-bond acceptors (Lipinski definition) is 7. The molecular weight excluding hydrogens is 604 g/mol. The van der Waals surface area contributed by atoms with Crippen LogP contribution < -0.4 is 5.56 Å². The molecule has 4 aromatic heterocycles. The molecule has 0 atom stereocenters. The minimum Gasteiger partial charge on any atom is -0.450 e. The maximum absolute atomic E-state index is 11.4. The van der Waals surface area contributed by atoms with E-state index in [9.17, 15) is 9.36 Å². The number of halogens is 6. The number of fused-ring (bicyclic) bond motifs is 6. The molecule has 0 unspecified atom stereocenters. The number of nitrogens with zero attached hydrogens (tertiary/aromatic N) is 3. The zero-order valence-corrected chi connectivity index (χ0v) is 22.2. The monoisotopic (exact) mass is 610 g/mol. The molecule has 0 amide bonds. The lowest BCUT2D eigenvalue weighted by atomic mass is 10.2. The molecule has 4 heterocycles. The lowest BCUT2D eigenvalue weighted by molar-refractivity contribution is 0.600. The maximum Gasteiger partial charge on any atom is 0.339 e. The van der Waals surface area contributed by atoms with Gasteiger partial charge in [-0.05, 0) is 58.0 Å². The Morgan fingerprint density at radius 2 is 1.26 bits per heavy atom. The second-order valence-corrected chi connectivity index (χ2v) is 14.4. The van der Waals surface area contributed by atoms with Crippen LogP contribution in [0.5, 0.6) is 0 Å². The summed E-state index contributed by atoms with van der Waals surface area (Å²) in [5, 5.41) is -0.302. The minimum atomic E-state index is -3.22. The van der Waals surface area contributed by atoms with Gasteiger partial charge in [0.15, 0.2) is 21.9 Å². The van der Waals surface area contributed by atoms with Gasteiger partial charge in [0.2, 0.25) is 5.58 Å². The van der Waals surface area contributed by atoms with E-state index in [2.05, 4.69) is 53.7 Å². The lowest BCUT2D eigenvalue weighted by Crippen LogP contribution is -2.03. The molecule has 35 heavy (non-hydrogen) atoms. The summed E-state index contributed by atoms with van der Waals surface area (Å²) in [7, 11) is 0. The number of benzene rings is 2. The van der Waals surface area contributed by atoms with Gasteiger partial charge in [0, 0.05) is 10.8 Å². The van der Waals surface area contributed by atoms with Gasteiger partial charge in [-0.15, -0.1) is 0 Å². The molecule has 0 spiro atoms. The second-order valence-electron chi connectivity index (χ2n) is 6.59. The first-order chi connectivity index (χ1) is 16.5. The van der Waals surface area contributed by atoms with Crippen LogP contribution in [0.3, 0.4) is 0 Å². The summed E-state index contributed by atoms with van der Waals surface area (Å²) in [6.45, 7) is 0. The Labute approximate surface area is 224 Å². The van der Waals surface area contributed by atoms with Crippen molar-refractivity contribution in [2.75, 3.05) is 0 Å². The summed E-state index contributed by atoms with van der Waals surface area (Å²) in [4.78, 5) is 25.9. The average molecular weight is 613 g/mol. The number of aromatic amines is 1. The largest absolute Gasteiger partial charge is 0.450 e. The van der Waals surface area contributed by atoms with Crippen LogP contribution in [-0.4, -0.2) is 19.9 Å². The van der Waals surface area contributed by atoms with Crippen molar-refractivity contribution in [2.45, 2.75) is 0 Å². The number of furan rings is 2. The zero-order valence-electron chi connectivity index (χ0n) is 16.8. The van der Waals surface area contributed by atoms with Gasteiger partial charge in [0.05, 0.1) is 16.4 Å². The van der Waals surface area contributed by atoms with Gasteiger partial charge in [0.25, 0.3) is 5.56 Å². The minimum absolute atomic E-state index is 0.209. The molecule has 0 aliphatic heterocycles. The van der Waals surface area contributed by atoms with Crippen LogP contribution >= 0.6 is 73.7 Å². The quantitative estimate of drug-likeness (QED) is 0.135. The zero-order chi connectivity index (χ0) is 25.3. The summed E-state index contributed by atoms with van der Waals surface area (Å²) in [6, 6.07) is 10.8. The van der Waals surface area contributed by atoms with Gasteiger partial charge in [-0.2, -0.15) is 0 Å². The van der Waals surface area contributed by atoms with Crippen molar-refractivity contribution in [3.63, 3.8) is 0 Å². The highest BCUT2D eigenvalue weighted by molar-refractivity contribution is 8.24. The van der Waals surface area contributed by atoms with Crippen LogP contribution in [0.4, 0.5) is 0 Å². The van der Waals surface area contributed by atoms with Crippen molar-refractivity contribution >= 4 is 118 Å². The Morgan fingerprint density at radius 1 is 0.743 bits per heavy atom. The molecule has 0 radical (unpaired) electrons. The average Bonchev–Trinajstić information content (AvgIpc) is 3.36. The molecule has 2 aromatic carbocycles. The van der Waals surface area contributed by atoms with Crippen molar-refractivity contribution in [3.8, 4) is 0 Å². The molecule has 180 valence electrons. The first kappa shape index (κ1) is 26.0. The van der Waals surface area contributed by atoms with Gasteiger partial charge in [-0.25, -0.2) is 15.0 Å². The molecule has 0 fully saturated rings. The highest BCUT2D eigenvalue weighted by Crippen LogP contribution is 2.61. The second kappa shape index (κ2) is 10.5. The Hall–Kier alpha value is -2.03. The lowest BCUT2D eigenvalue weighted by Gasteiger charge is -1.89. The number of hydrogen-bond donors (Lipinski definition) is 1. The van der Waals surface area contributed by atoms with E-state index < -0.39 is 5.20 Å². The number of nitrogens with one attached hydrogen (secondary N) is 1. The van der Waals surface area contributed by atoms with Crippen molar-refractivity contribution in [1.82, 2.24) is 19.9 Å². The SMILES string of the molecule is Clc1cccc2c1oc1c(Cl)ncnc12.O=P(Cl)(Cl)Cl.O=c1[nH]cnc2c1oc1c(Cl)cccc12. The van der Waals surface area contributed by atoms with Gasteiger partial charge < -0.3 is 13.8 Å². The van der Waals surface area contributed by atoms with E-state index >= 15 is 0 Å². The fourth-order valence-corrected chi connectivity index (χ4v) is 3.71. The van der Waals surface area contributed by atoms with E-state index in [0.717, 1.165) is 10.8 Å². The first-order valence-corrected chi connectivity index (χ1v) is 14.8. The third-order valence-electron chi connectivity index (χ3n) is 4.42. The van der Waals surface area contributed by atoms with Crippen molar-refractivity contribution < 1.29 is 13.4 Å². The highest BCUT2D eigenvalue weighted by Gasteiger charge is 2.14. The highest BCUT2D eigenvalue weighted by atomic mass is 36.0. The van der Waals surface area contributed by atoms with Crippen LogP contribution in [0.15, 0.2) is 62.7 Å². The number of H-pyrrole nitrogens is 1. The predicted octanol–water partition coefficient (Wildman–Crippen LogP) is 8.82. The Morgan fingerprint density at radius 3 is 1.83 bits per heavy atom. The van der Waals surface area contributed by atoms with Gasteiger partial charge in [-0.3, -0.25) is 9.36 Å². The van der Waals surface area contributed by atoms with E-state index in [4.69, 9.17) is 43.6 Å². The third-order valence-corrected chi connectivity index (χ3v) is 5.29. The standard InChI is InChI=1S/C10H4Cl2N2O.C10H5ClN2O2.Cl3OP/c11-6-3-1-2-5-7-9(15-8(5)6)10(12)14-4-13-7;11-6-3-1-2-5-7-9(15-8(5)6)10(14)13-4-12-7;1-5(2,3)4/h1-4H;1-4H,(H,12,13,14);. The van der Waals surface area contributed by atoms with Crippen molar-refractivity contribution in [3.05, 3.63) is 74.6 Å². The van der Waals surface area contributed by atoms with Crippen LogP contribution in [0.1, 0.15) is 0 Å². The predicted molar refractivity (Wildman–Crippen MR) is 142 cm³/mol. The molecule has 1 N–H and O–H groups in total. The van der Waals surface area contributed by atoms with E-state index in [0.29, 0.717) is 43.0 Å². The summed E-state index contributed by atoms with van der Waals surface area (Å²) >= 11 is 31.7. The summed E-state index contributed by atoms with van der Waals surface area (Å²) in [6.07, 6.45) is 2.75. The van der Waals surface area contributed by atoms with E-state index in [-0.39, 0.29) is 11.1 Å². The molecule has 8 nitrogen and oxygen atoms in total. The Kier molecular flexibility index (Phi) is 7.83. The summed E-state index contributed by atoms with van der Waals surface area (Å²) < 4.78 is 20.4. The molecule has 6 aromatic rings. The molecule has 0 aliphatic carbocycles. The van der Waals surface area contributed by atoms with Gasteiger partial charge >= 0.3 is 5.20 Å². The first-order valence-electron chi connectivity index (χ1n) is 9.25. The van der Waals surface area contributed by atoms with Crippen LogP contribution in [0.25, 0.3) is 44.1 Å². The Bertz CT molecular complexity index is 1730. The number of aromatic nitrogens is 4. The molecule has 6 rings (SSSR count). The van der Waals surface area contributed by atoms with Crippen LogP contribution in [-0.2, 0) is 4.57 Å². The summed E-state index contributed by atoms with van der Waals surface area (Å²) in [5.41, 5.74) is 2.70. The van der Waals surface area contributed by atoms with E-state index in [1.54, 1.807) is 18.2 Å². The molecule has 15 heteroatoms. The molecule has 0 aliphatic rings. The molecule has 0 bridgehead atoms. The fraction of sp³-hybridized carbons (Fsp3) is 0. The van der Waals surface area contributed by atoms with Crippen molar-refractivity contribution in [1.29, 1.82) is 0 Å². The van der Waals surface area contributed by atoms with Gasteiger partial charge in [0.1, 0.15) is 17.4 Å². The smallest absolute Gasteiger partial charge is 0.339 e. The fourth-order valence-electron chi connectivity index (χ4n) is 3.11. The number of para-hydroxylation sites is 2. The van der Waals surface area contributed by atoms with Crippen molar-refractivity contribution in [2.24, 2.45) is 0 Å².